The Hall–Kier alpha value is -1.43. The fourth-order valence-corrected chi connectivity index (χ4v) is 3.01. The van der Waals surface area contributed by atoms with E-state index in [-0.39, 0.29) is 5.91 Å². The summed E-state index contributed by atoms with van der Waals surface area (Å²) in [7, 11) is 1.66. The molecule has 1 aromatic heterocycles. The summed E-state index contributed by atoms with van der Waals surface area (Å²) in [6, 6.07) is 0. The summed E-state index contributed by atoms with van der Waals surface area (Å²) < 4.78 is 0. The van der Waals surface area contributed by atoms with Gasteiger partial charge in [0, 0.05) is 11.9 Å². The first-order valence-corrected chi connectivity index (χ1v) is 6.73. The van der Waals surface area contributed by atoms with E-state index in [1.165, 1.54) is 16.2 Å². The van der Waals surface area contributed by atoms with Gasteiger partial charge < -0.3 is 10.0 Å². The molecule has 1 heterocycles. The maximum atomic E-state index is 12.3. The lowest BCUT2D eigenvalue weighted by Gasteiger charge is -2.38. The second-order valence-corrected chi connectivity index (χ2v) is 5.70. The number of aliphatic carboxylic acids is 1. The zero-order valence-electron chi connectivity index (χ0n) is 10.5. The minimum absolute atomic E-state index is 0.283. The molecule has 1 N–H and O–H groups in total. The number of rotatable bonds is 4. The Morgan fingerprint density at radius 1 is 1.56 bits per heavy atom. The summed E-state index contributed by atoms with van der Waals surface area (Å²) in [4.78, 5) is 30.2. The molecule has 0 bridgehead atoms. The lowest BCUT2D eigenvalue weighted by molar-refractivity contribution is -0.167. The monoisotopic (exact) mass is 268 g/mol. The number of hydrogen-bond acceptors (Lipinski definition) is 4. The summed E-state index contributed by atoms with van der Waals surface area (Å²) in [5, 5.41) is 9.23. The maximum absolute atomic E-state index is 12.3. The number of aromatic nitrogens is 1. The lowest BCUT2D eigenvalue weighted by atomic mass is 9.68. The van der Waals surface area contributed by atoms with Gasteiger partial charge in [0.15, 0.2) is 0 Å². The van der Waals surface area contributed by atoms with Gasteiger partial charge in [-0.1, -0.05) is 6.42 Å². The Bertz CT molecular complexity index is 479. The minimum atomic E-state index is -1.17. The molecule has 98 valence electrons. The smallest absolute Gasteiger partial charge is 0.319 e. The van der Waals surface area contributed by atoms with E-state index >= 15 is 0 Å². The number of amides is 1. The van der Waals surface area contributed by atoms with E-state index < -0.39 is 11.4 Å². The Balaban J connectivity index is 2.09. The predicted octanol–water partition coefficient (Wildman–Crippen LogP) is 1.66. The van der Waals surface area contributed by atoms with Gasteiger partial charge in [0.2, 0.25) is 5.91 Å². The zero-order chi connectivity index (χ0) is 13.3. The SMILES string of the molecule is Cc1ncsc1CN(C)C(=O)C1(C(=O)O)CCC1. The van der Waals surface area contributed by atoms with Crippen LogP contribution in [0.25, 0.3) is 0 Å². The Morgan fingerprint density at radius 2 is 2.22 bits per heavy atom. The number of carbonyl (C=O) groups is 2. The van der Waals surface area contributed by atoms with Gasteiger partial charge in [0.25, 0.3) is 0 Å². The molecular weight excluding hydrogens is 252 g/mol. The van der Waals surface area contributed by atoms with Crippen molar-refractivity contribution in [3.8, 4) is 0 Å². The molecule has 0 aliphatic heterocycles. The standard InChI is InChI=1S/C12H16N2O3S/c1-8-9(18-7-13-8)6-14(2)10(15)12(11(16)17)4-3-5-12/h7H,3-6H2,1-2H3,(H,16,17). The van der Waals surface area contributed by atoms with Gasteiger partial charge in [-0.3, -0.25) is 9.59 Å². The van der Waals surface area contributed by atoms with Gasteiger partial charge in [-0.25, -0.2) is 4.98 Å². The third kappa shape index (κ3) is 2.01. The van der Waals surface area contributed by atoms with Gasteiger partial charge in [-0.05, 0) is 19.8 Å². The number of carbonyl (C=O) groups excluding carboxylic acids is 1. The van der Waals surface area contributed by atoms with Gasteiger partial charge in [0.05, 0.1) is 17.7 Å². The van der Waals surface area contributed by atoms with Crippen LogP contribution >= 0.6 is 11.3 Å². The number of thiazole rings is 1. The van der Waals surface area contributed by atoms with Crippen LogP contribution in [0.2, 0.25) is 0 Å². The highest BCUT2D eigenvalue weighted by Gasteiger charge is 2.52. The molecule has 0 radical (unpaired) electrons. The summed E-state index contributed by atoms with van der Waals surface area (Å²) in [6.45, 7) is 2.32. The summed E-state index contributed by atoms with van der Waals surface area (Å²) in [6.07, 6.45) is 1.71. The van der Waals surface area contributed by atoms with Crippen LogP contribution in [-0.4, -0.2) is 33.9 Å². The average molecular weight is 268 g/mol. The van der Waals surface area contributed by atoms with Gasteiger partial charge in [-0.15, -0.1) is 11.3 Å². The fraction of sp³-hybridized carbons (Fsp3) is 0.583. The van der Waals surface area contributed by atoms with Gasteiger partial charge >= 0.3 is 5.97 Å². The van der Waals surface area contributed by atoms with Crippen LogP contribution in [0, 0.1) is 12.3 Å². The second kappa shape index (κ2) is 4.68. The molecule has 5 nitrogen and oxygen atoms in total. The van der Waals surface area contributed by atoms with Crippen LogP contribution < -0.4 is 0 Å². The van der Waals surface area contributed by atoms with Crippen LogP contribution in [0.5, 0.6) is 0 Å². The molecule has 1 aliphatic carbocycles. The van der Waals surface area contributed by atoms with Crippen molar-refractivity contribution in [1.82, 2.24) is 9.88 Å². The first-order valence-electron chi connectivity index (χ1n) is 5.85. The summed E-state index contributed by atoms with van der Waals surface area (Å²) in [5.74, 6) is -1.28. The Kier molecular flexibility index (Phi) is 3.38. The van der Waals surface area contributed by atoms with Crippen molar-refractivity contribution in [3.63, 3.8) is 0 Å². The zero-order valence-corrected chi connectivity index (χ0v) is 11.3. The summed E-state index contributed by atoms with van der Waals surface area (Å²) in [5.41, 5.74) is 1.46. The lowest BCUT2D eigenvalue weighted by Crippen LogP contribution is -2.51. The fourth-order valence-electron chi connectivity index (χ4n) is 2.18. The molecule has 1 amide bonds. The van der Waals surface area contributed by atoms with Crippen molar-refractivity contribution in [2.75, 3.05) is 7.05 Å². The van der Waals surface area contributed by atoms with E-state index in [2.05, 4.69) is 4.98 Å². The van der Waals surface area contributed by atoms with Crippen LogP contribution in [0.15, 0.2) is 5.51 Å². The van der Waals surface area contributed by atoms with E-state index in [1.54, 1.807) is 12.6 Å². The first kappa shape index (κ1) is 13.0. The third-order valence-corrected chi connectivity index (χ3v) is 4.52. The largest absolute Gasteiger partial charge is 0.480 e. The van der Waals surface area contributed by atoms with E-state index in [9.17, 15) is 14.7 Å². The molecule has 18 heavy (non-hydrogen) atoms. The quantitative estimate of drug-likeness (QED) is 0.843. The number of aryl methyl sites for hydroxylation is 1. The first-order chi connectivity index (χ1) is 8.47. The van der Waals surface area contributed by atoms with Crippen LogP contribution in [0.1, 0.15) is 29.8 Å². The van der Waals surface area contributed by atoms with Crippen LogP contribution in [-0.2, 0) is 16.1 Å². The molecule has 0 spiro atoms. The normalized spacial score (nSPS) is 17.0. The van der Waals surface area contributed by atoms with E-state index in [0.717, 1.165) is 17.0 Å². The van der Waals surface area contributed by atoms with E-state index in [1.807, 2.05) is 6.92 Å². The average Bonchev–Trinajstić information content (AvgIpc) is 2.62. The van der Waals surface area contributed by atoms with Crippen LogP contribution in [0.3, 0.4) is 0 Å². The van der Waals surface area contributed by atoms with Crippen molar-refractivity contribution in [2.24, 2.45) is 5.41 Å². The molecule has 1 aromatic rings. The van der Waals surface area contributed by atoms with Gasteiger partial charge in [0.1, 0.15) is 5.41 Å². The molecule has 1 aliphatic rings. The number of hydrogen-bond donors (Lipinski definition) is 1. The van der Waals surface area contributed by atoms with Crippen molar-refractivity contribution >= 4 is 23.2 Å². The minimum Gasteiger partial charge on any atom is -0.480 e. The van der Waals surface area contributed by atoms with Crippen molar-refractivity contribution in [2.45, 2.75) is 32.7 Å². The topological polar surface area (TPSA) is 70.5 Å². The Morgan fingerprint density at radius 3 is 2.61 bits per heavy atom. The predicted molar refractivity (Wildman–Crippen MR) is 67.2 cm³/mol. The number of carboxylic acids is 1. The highest BCUT2D eigenvalue weighted by Crippen LogP contribution is 2.42. The van der Waals surface area contributed by atoms with E-state index in [0.29, 0.717) is 19.4 Å². The van der Waals surface area contributed by atoms with Crippen molar-refractivity contribution < 1.29 is 14.7 Å². The molecule has 1 fully saturated rings. The Labute approximate surface area is 109 Å². The van der Waals surface area contributed by atoms with Crippen molar-refractivity contribution in [3.05, 3.63) is 16.1 Å². The molecule has 2 rings (SSSR count). The number of carboxylic acid groups (broad SMARTS) is 1. The molecule has 0 aromatic carbocycles. The molecule has 0 atom stereocenters. The second-order valence-electron chi connectivity index (χ2n) is 4.76. The highest BCUT2D eigenvalue weighted by molar-refractivity contribution is 7.09. The molecule has 0 unspecified atom stereocenters. The van der Waals surface area contributed by atoms with E-state index in [4.69, 9.17) is 0 Å². The highest BCUT2D eigenvalue weighted by atomic mass is 32.1. The van der Waals surface area contributed by atoms with Gasteiger partial charge in [-0.2, -0.15) is 0 Å². The third-order valence-electron chi connectivity index (χ3n) is 3.60. The summed E-state index contributed by atoms with van der Waals surface area (Å²) >= 11 is 1.49. The molecule has 6 heteroatoms. The number of nitrogens with zero attached hydrogens (tertiary/aromatic N) is 2. The molecule has 0 saturated heterocycles. The maximum Gasteiger partial charge on any atom is 0.319 e. The molecule has 1 saturated carbocycles. The van der Waals surface area contributed by atoms with Crippen molar-refractivity contribution in [1.29, 1.82) is 0 Å². The molecular formula is C12H16N2O3S. The van der Waals surface area contributed by atoms with Crippen LogP contribution in [0.4, 0.5) is 0 Å².